The van der Waals surface area contributed by atoms with Crippen LogP contribution in [-0.2, 0) is 20.0 Å². The molecule has 1 aromatic carbocycles. The van der Waals surface area contributed by atoms with E-state index in [1.807, 2.05) is 39.8 Å². The topological polar surface area (TPSA) is 86.7 Å². The number of likely N-dealkylation sites (tertiary alicyclic amines) is 1. The molecule has 0 radical (unpaired) electrons. The third-order valence-corrected chi connectivity index (χ3v) is 7.42. The van der Waals surface area contributed by atoms with Crippen molar-refractivity contribution >= 4 is 29.2 Å². The molecular formula is C25H35ClN2O4. The molecule has 1 saturated carbocycles. The summed E-state index contributed by atoms with van der Waals surface area (Å²) < 4.78 is 0. The van der Waals surface area contributed by atoms with E-state index in [1.54, 1.807) is 17.0 Å². The number of aliphatic hydroxyl groups is 1. The number of nitrogens with one attached hydrogen (secondary N) is 1. The summed E-state index contributed by atoms with van der Waals surface area (Å²) in [5.41, 5.74) is -0.904. The molecule has 1 aliphatic carbocycles. The Morgan fingerprint density at radius 1 is 1.22 bits per heavy atom. The van der Waals surface area contributed by atoms with Gasteiger partial charge in [0.15, 0.2) is 0 Å². The number of amides is 2. The second-order valence-corrected chi connectivity index (χ2v) is 10.8. The summed E-state index contributed by atoms with van der Waals surface area (Å²) >= 11 is 6.01. The Bertz CT molecular complexity index is 867. The minimum Gasteiger partial charge on any atom is -0.384 e. The summed E-state index contributed by atoms with van der Waals surface area (Å²) in [4.78, 5) is 39.8. The summed E-state index contributed by atoms with van der Waals surface area (Å²) in [6.45, 7) is 8.49. The SMILES string of the molecule is CC(C)[C@@H](NC(=O)[C@H]1CCCC(=O)C1)C(=O)N1CC[C@](O)(c2ccc(Cl)cc2)C(C)(C)C1. The van der Waals surface area contributed by atoms with E-state index >= 15 is 0 Å². The fraction of sp³-hybridized carbons (Fsp3) is 0.640. The number of rotatable bonds is 5. The number of carbonyl (C=O) groups is 3. The number of benzene rings is 1. The first-order chi connectivity index (χ1) is 14.9. The van der Waals surface area contributed by atoms with Gasteiger partial charge in [-0.15, -0.1) is 0 Å². The Labute approximate surface area is 195 Å². The van der Waals surface area contributed by atoms with E-state index in [-0.39, 0.29) is 35.9 Å². The van der Waals surface area contributed by atoms with E-state index in [9.17, 15) is 19.5 Å². The van der Waals surface area contributed by atoms with Crippen molar-refractivity contribution in [2.45, 2.75) is 71.4 Å². The molecule has 2 amide bonds. The molecular weight excluding hydrogens is 428 g/mol. The summed E-state index contributed by atoms with van der Waals surface area (Å²) in [7, 11) is 0. The molecule has 1 aromatic rings. The predicted octanol–water partition coefficient (Wildman–Crippen LogP) is 3.69. The minimum atomic E-state index is -1.09. The maximum absolute atomic E-state index is 13.4. The number of halogens is 1. The monoisotopic (exact) mass is 462 g/mol. The van der Waals surface area contributed by atoms with Crippen LogP contribution in [0.4, 0.5) is 0 Å². The van der Waals surface area contributed by atoms with Gasteiger partial charge in [0.2, 0.25) is 11.8 Å². The first-order valence-electron chi connectivity index (χ1n) is 11.5. The van der Waals surface area contributed by atoms with Gasteiger partial charge >= 0.3 is 0 Å². The van der Waals surface area contributed by atoms with Crippen LogP contribution in [0.25, 0.3) is 0 Å². The quantitative estimate of drug-likeness (QED) is 0.698. The highest BCUT2D eigenvalue weighted by molar-refractivity contribution is 6.30. The summed E-state index contributed by atoms with van der Waals surface area (Å²) in [6.07, 6.45) is 2.59. The number of hydrogen-bond acceptors (Lipinski definition) is 4. The number of piperidine rings is 1. The van der Waals surface area contributed by atoms with Crippen molar-refractivity contribution in [3.8, 4) is 0 Å². The van der Waals surface area contributed by atoms with E-state index < -0.39 is 17.1 Å². The van der Waals surface area contributed by atoms with Crippen molar-refractivity contribution in [1.82, 2.24) is 10.2 Å². The molecule has 3 atom stereocenters. The predicted molar refractivity (Wildman–Crippen MR) is 124 cm³/mol. The van der Waals surface area contributed by atoms with Crippen molar-refractivity contribution in [3.05, 3.63) is 34.9 Å². The lowest BCUT2D eigenvalue weighted by molar-refractivity contribution is -0.157. The van der Waals surface area contributed by atoms with Crippen LogP contribution < -0.4 is 5.32 Å². The van der Waals surface area contributed by atoms with Gasteiger partial charge in [-0.3, -0.25) is 14.4 Å². The Kier molecular flexibility index (Phi) is 7.35. The van der Waals surface area contributed by atoms with Gasteiger partial charge in [-0.1, -0.05) is 51.4 Å². The van der Waals surface area contributed by atoms with Gasteiger partial charge in [0, 0.05) is 42.3 Å². The zero-order valence-electron chi connectivity index (χ0n) is 19.5. The number of Topliss-reactive ketones (excluding diaryl/α,β-unsaturated/α-hetero) is 1. The van der Waals surface area contributed by atoms with Crippen LogP contribution >= 0.6 is 11.6 Å². The lowest BCUT2D eigenvalue weighted by atomic mass is 9.66. The van der Waals surface area contributed by atoms with E-state index in [0.717, 1.165) is 12.0 Å². The molecule has 1 aliphatic heterocycles. The third-order valence-electron chi connectivity index (χ3n) is 7.17. The molecule has 0 bridgehead atoms. The Morgan fingerprint density at radius 3 is 2.44 bits per heavy atom. The first kappa shape index (κ1) is 24.7. The van der Waals surface area contributed by atoms with E-state index in [1.165, 1.54) is 0 Å². The van der Waals surface area contributed by atoms with Gasteiger partial charge in [0.05, 0.1) is 5.60 Å². The molecule has 0 spiro atoms. The highest BCUT2D eigenvalue weighted by Gasteiger charge is 2.50. The molecule has 176 valence electrons. The molecule has 2 fully saturated rings. The molecule has 6 nitrogen and oxygen atoms in total. The van der Waals surface area contributed by atoms with Crippen LogP contribution in [0, 0.1) is 17.3 Å². The van der Waals surface area contributed by atoms with Gasteiger partial charge < -0.3 is 15.3 Å². The van der Waals surface area contributed by atoms with Crippen LogP contribution in [0.2, 0.25) is 5.02 Å². The van der Waals surface area contributed by atoms with E-state index in [2.05, 4.69) is 5.32 Å². The molecule has 3 rings (SSSR count). The molecule has 1 heterocycles. The average molecular weight is 463 g/mol. The molecule has 0 unspecified atom stereocenters. The zero-order chi connectivity index (χ0) is 23.7. The fourth-order valence-corrected chi connectivity index (χ4v) is 5.13. The lowest BCUT2D eigenvalue weighted by Crippen LogP contribution is -2.60. The average Bonchev–Trinajstić information content (AvgIpc) is 2.73. The van der Waals surface area contributed by atoms with Crippen molar-refractivity contribution in [3.63, 3.8) is 0 Å². The molecule has 2 N–H and O–H groups in total. The standard InChI is InChI=1S/C25H35ClN2O4/c1-16(2)21(27-22(30)17-6-5-7-20(29)14-17)23(31)28-13-12-25(32,24(3,4)15-28)18-8-10-19(26)11-9-18/h8-11,16-17,21,32H,5-7,12-15H2,1-4H3,(H,27,30)/t17-,21+,25-/m0/s1. The summed E-state index contributed by atoms with van der Waals surface area (Å²) in [5.74, 6) is -0.673. The maximum atomic E-state index is 13.4. The van der Waals surface area contributed by atoms with E-state index in [4.69, 9.17) is 11.6 Å². The number of carbonyl (C=O) groups excluding carboxylic acids is 3. The Hall–Kier alpha value is -1.92. The largest absolute Gasteiger partial charge is 0.384 e. The normalized spacial score (nSPS) is 26.7. The Balaban J connectivity index is 1.72. The highest BCUT2D eigenvalue weighted by atomic mass is 35.5. The van der Waals surface area contributed by atoms with Crippen molar-refractivity contribution in [1.29, 1.82) is 0 Å². The second-order valence-electron chi connectivity index (χ2n) is 10.3. The van der Waals surface area contributed by atoms with Crippen molar-refractivity contribution in [2.24, 2.45) is 17.3 Å². The summed E-state index contributed by atoms with van der Waals surface area (Å²) in [5, 5.41) is 15.1. The lowest BCUT2D eigenvalue weighted by Gasteiger charge is -2.51. The van der Waals surface area contributed by atoms with Gasteiger partial charge in [-0.05, 0) is 42.9 Å². The number of nitrogens with zero attached hydrogens (tertiary/aromatic N) is 1. The van der Waals surface area contributed by atoms with Crippen molar-refractivity contribution < 1.29 is 19.5 Å². The van der Waals surface area contributed by atoms with Gasteiger partial charge in [-0.25, -0.2) is 0 Å². The van der Waals surface area contributed by atoms with E-state index in [0.29, 0.717) is 37.4 Å². The van der Waals surface area contributed by atoms with Crippen LogP contribution in [0.15, 0.2) is 24.3 Å². The van der Waals surface area contributed by atoms with Crippen molar-refractivity contribution in [2.75, 3.05) is 13.1 Å². The molecule has 32 heavy (non-hydrogen) atoms. The minimum absolute atomic E-state index is 0.0917. The number of hydrogen-bond donors (Lipinski definition) is 2. The Morgan fingerprint density at radius 2 is 1.88 bits per heavy atom. The second kappa shape index (κ2) is 9.52. The van der Waals surface area contributed by atoms with Crippen LogP contribution in [0.3, 0.4) is 0 Å². The molecule has 7 heteroatoms. The summed E-state index contributed by atoms with van der Waals surface area (Å²) in [6, 6.07) is 6.55. The van der Waals surface area contributed by atoms with Crippen LogP contribution in [-0.4, -0.2) is 46.7 Å². The molecule has 0 aromatic heterocycles. The first-order valence-corrected chi connectivity index (χ1v) is 11.9. The number of ketones is 1. The smallest absolute Gasteiger partial charge is 0.245 e. The third kappa shape index (κ3) is 5.01. The highest BCUT2D eigenvalue weighted by Crippen LogP contribution is 2.46. The fourth-order valence-electron chi connectivity index (χ4n) is 5.00. The van der Waals surface area contributed by atoms with Crippen LogP contribution in [0.1, 0.15) is 65.4 Å². The van der Waals surface area contributed by atoms with Gasteiger partial charge in [0.1, 0.15) is 11.8 Å². The van der Waals surface area contributed by atoms with Gasteiger partial charge in [-0.2, -0.15) is 0 Å². The zero-order valence-corrected chi connectivity index (χ0v) is 20.2. The molecule has 2 aliphatic rings. The molecule has 1 saturated heterocycles. The van der Waals surface area contributed by atoms with Crippen LogP contribution in [0.5, 0.6) is 0 Å². The maximum Gasteiger partial charge on any atom is 0.245 e. The van der Waals surface area contributed by atoms with Gasteiger partial charge in [0.25, 0.3) is 0 Å².